The lowest BCUT2D eigenvalue weighted by atomic mass is 9.92. The number of carbonyl (C=O) groups is 1. The highest BCUT2D eigenvalue weighted by atomic mass is 19.1. The van der Waals surface area contributed by atoms with Crippen molar-refractivity contribution < 1.29 is 9.18 Å². The molecular formula is C30H26FN7O. The molecule has 0 atom stereocenters. The number of rotatable bonds is 5. The molecule has 0 fully saturated rings. The molecule has 39 heavy (non-hydrogen) atoms. The summed E-state index contributed by atoms with van der Waals surface area (Å²) in [4.78, 5) is 29.1. The molecule has 0 radical (unpaired) electrons. The third-order valence-electron chi connectivity index (χ3n) is 6.43. The monoisotopic (exact) mass is 519 g/mol. The Morgan fingerprint density at radius 3 is 2.46 bits per heavy atom. The Labute approximate surface area is 223 Å². The van der Waals surface area contributed by atoms with Crippen molar-refractivity contribution in [2.75, 3.05) is 5.32 Å². The molecule has 6 rings (SSSR count). The fourth-order valence-corrected chi connectivity index (χ4v) is 4.66. The zero-order valence-corrected chi connectivity index (χ0v) is 21.7. The number of anilines is 1. The van der Waals surface area contributed by atoms with E-state index < -0.39 is 0 Å². The second-order valence-electron chi connectivity index (χ2n) is 10.8. The lowest BCUT2D eigenvalue weighted by Crippen LogP contribution is -2.19. The number of nitrogens with one attached hydrogen (secondary N) is 3. The maximum absolute atomic E-state index is 13.5. The first kappa shape index (κ1) is 24.4. The molecule has 0 unspecified atom stereocenters. The van der Waals surface area contributed by atoms with E-state index in [2.05, 4.69) is 35.5 Å². The van der Waals surface area contributed by atoms with Crippen molar-refractivity contribution in [3.63, 3.8) is 0 Å². The van der Waals surface area contributed by atoms with Crippen molar-refractivity contribution in [3.8, 4) is 33.6 Å². The standard InChI is InChI=1S/C30H26FN7O/c1-30(2,3)11-27(39)35-21-8-18(12-32-14-21)19-9-23-28(37-38-29(23)34-13-19)25-10-22-24(15-33-16-26(22)36-25)17-4-6-20(31)7-5-17/h4-10,12-16,36H,11H2,1-3H3,(H,35,39)(H,34,37,38). The highest BCUT2D eigenvalue weighted by molar-refractivity contribution is 6.00. The molecule has 0 aliphatic heterocycles. The van der Waals surface area contributed by atoms with E-state index in [-0.39, 0.29) is 17.1 Å². The molecule has 1 aromatic carbocycles. The topological polar surface area (TPSA) is 112 Å². The second-order valence-corrected chi connectivity index (χ2v) is 10.8. The van der Waals surface area contributed by atoms with E-state index in [1.165, 1.54) is 12.1 Å². The van der Waals surface area contributed by atoms with Gasteiger partial charge in [0.1, 0.15) is 5.82 Å². The molecule has 1 amide bonds. The number of amides is 1. The molecule has 5 heterocycles. The molecule has 0 saturated heterocycles. The van der Waals surface area contributed by atoms with Crippen LogP contribution in [0.1, 0.15) is 27.2 Å². The number of aromatic nitrogens is 6. The number of carbonyl (C=O) groups excluding carboxylic acids is 1. The van der Waals surface area contributed by atoms with E-state index >= 15 is 0 Å². The highest BCUT2D eigenvalue weighted by Crippen LogP contribution is 2.34. The quantitative estimate of drug-likeness (QED) is 0.233. The number of aromatic amines is 2. The van der Waals surface area contributed by atoms with Crippen LogP contribution < -0.4 is 5.32 Å². The molecule has 9 heteroatoms. The third kappa shape index (κ3) is 4.98. The van der Waals surface area contributed by atoms with E-state index in [0.717, 1.165) is 49.9 Å². The molecule has 5 aromatic heterocycles. The van der Waals surface area contributed by atoms with Crippen LogP contribution >= 0.6 is 0 Å². The Balaban J connectivity index is 1.36. The maximum Gasteiger partial charge on any atom is 0.224 e. The predicted octanol–water partition coefficient (Wildman–Crippen LogP) is 6.74. The first-order valence-electron chi connectivity index (χ1n) is 12.6. The van der Waals surface area contributed by atoms with Crippen LogP contribution in [-0.4, -0.2) is 36.0 Å². The molecular weight excluding hydrogens is 493 g/mol. The minimum atomic E-state index is -0.283. The average molecular weight is 520 g/mol. The van der Waals surface area contributed by atoms with Crippen LogP contribution in [0.4, 0.5) is 10.1 Å². The molecule has 8 nitrogen and oxygen atoms in total. The summed E-state index contributed by atoms with van der Waals surface area (Å²) in [5, 5.41) is 12.2. The van der Waals surface area contributed by atoms with Crippen LogP contribution in [0.3, 0.4) is 0 Å². The van der Waals surface area contributed by atoms with Gasteiger partial charge in [-0.15, -0.1) is 0 Å². The van der Waals surface area contributed by atoms with Crippen molar-refractivity contribution in [2.45, 2.75) is 27.2 Å². The van der Waals surface area contributed by atoms with Gasteiger partial charge in [0.25, 0.3) is 0 Å². The zero-order chi connectivity index (χ0) is 27.1. The summed E-state index contributed by atoms with van der Waals surface area (Å²) < 4.78 is 13.5. The number of halogens is 1. The minimum Gasteiger partial charge on any atom is -0.352 e. The molecule has 3 N–H and O–H groups in total. The van der Waals surface area contributed by atoms with Crippen molar-refractivity contribution in [1.29, 1.82) is 0 Å². The molecule has 0 bridgehead atoms. The van der Waals surface area contributed by atoms with Crippen LogP contribution in [-0.2, 0) is 4.79 Å². The first-order valence-corrected chi connectivity index (χ1v) is 12.6. The Morgan fingerprint density at radius 1 is 0.897 bits per heavy atom. The van der Waals surface area contributed by atoms with E-state index in [1.807, 2.05) is 39.0 Å². The summed E-state index contributed by atoms with van der Waals surface area (Å²) in [5.74, 6) is -0.339. The van der Waals surface area contributed by atoms with E-state index in [4.69, 9.17) is 0 Å². The lowest BCUT2D eigenvalue weighted by Gasteiger charge is -2.17. The molecule has 0 aliphatic carbocycles. The summed E-state index contributed by atoms with van der Waals surface area (Å²) in [6.07, 6.45) is 9.07. The molecule has 0 saturated carbocycles. The number of nitrogens with zero attached hydrogens (tertiary/aromatic N) is 4. The van der Waals surface area contributed by atoms with Crippen LogP contribution in [0.25, 0.3) is 55.6 Å². The first-order chi connectivity index (χ1) is 18.7. The third-order valence-corrected chi connectivity index (χ3v) is 6.43. The number of hydrogen-bond donors (Lipinski definition) is 3. The fourth-order valence-electron chi connectivity index (χ4n) is 4.66. The second kappa shape index (κ2) is 9.43. The number of hydrogen-bond acceptors (Lipinski definition) is 5. The fraction of sp³-hybridized carbons (Fsp3) is 0.167. The van der Waals surface area contributed by atoms with Gasteiger partial charge in [-0.3, -0.25) is 19.9 Å². The van der Waals surface area contributed by atoms with E-state index in [9.17, 15) is 9.18 Å². The van der Waals surface area contributed by atoms with Gasteiger partial charge in [-0.1, -0.05) is 32.9 Å². The van der Waals surface area contributed by atoms with E-state index in [0.29, 0.717) is 17.8 Å². The van der Waals surface area contributed by atoms with Gasteiger partial charge in [-0.25, -0.2) is 9.37 Å². The molecule has 0 aliphatic rings. The van der Waals surface area contributed by atoms with Gasteiger partial charge in [0.15, 0.2) is 5.65 Å². The summed E-state index contributed by atoms with van der Waals surface area (Å²) in [7, 11) is 0. The van der Waals surface area contributed by atoms with Crippen molar-refractivity contribution in [2.24, 2.45) is 5.41 Å². The number of benzene rings is 1. The summed E-state index contributed by atoms with van der Waals surface area (Å²) >= 11 is 0. The van der Waals surface area contributed by atoms with Crippen molar-refractivity contribution in [3.05, 3.63) is 79.3 Å². The summed E-state index contributed by atoms with van der Waals surface area (Å²) in [5.41, 5.74) is 6.99. The van der Waals surface area contributed by atoms with Crippen LogP contribution in [0.2, 0.25) is 0 Å². The molecule has 6 aromatic rings. The Hall–Kier alpha value is -4.92. The van der Waals surface area contributed by atoms with Crippen LogP contribution in [0, 0.1) is 11.2 Å². The van der Waals surface area contributed by atoms with E-state index in [1.54, 1.807) is 43.1 Å². The number of H-pyrrole nitrogens is 2. The van der Waals surface area contributed by atoms with Crippen molar-refractivity contribution in [1.82, 2.24) is 30.1 Å². The van der Waals surface area contributed by atoms with Gasteiger partial charge < -0.3 is 10.3 Å². The van der Waals surface area contributed by atoms with Gasteiger partial charge in [-0.05, 0) is 41.3 Å². The van der Waals surface area contributed by atoms with Crippen LogP contribution in [0.15, 0.2) is 73.4 Å². The number of pyridine rings is 3. The van der Waals surface area contributed by atoms with Crippen molar-refractivity contribution >= 4 is 33.5 Å². The van der Waals surface area contributed by atoms with Gasteiger partial charge in [0, 0.05) is 52.5 Å². The SMILES string of the molecule is CC(C)(C)CC(=O)Nc1cncc(-c2cnc3n[nH]c(-c4cc5c(-c6ccc(F)cc6)cncc5[nH]4)c3c2)c1. The summed E-state index contributed by atoms with van der Waals surface area (Å²) in [6.45, 7) is 6.08. The largest absolute Gasteiger partial charge is 0.352 e. The minimum absolute atomic E-state index is 0.0551. The smallest absolute Gasteiger partial charge is 0.224 e. The Kier molecular flexibility index (Phi) is 5.91. The van der Waals surface area contributed by atoms with Gasteiger partial charge >= 0.3 is 0 Å². The Bertz CT molecular complexity index is 1830. The molecule has 0 spiro atoms. The zero-order valence-electron chi connectivity index (χ0n) is 21.7. The highest BCUT2D eigenvalue weighted by Gasteiger charge is 2.17. The predicted molar refractivity (Wildman–Crippen MR) is 150 cm³/mol. The normalized spacial score (nSPS) is 11.8. The maximum atomic E-state index is 13.5. The average Bonchev–Trinajstić information content (AvgIpc) is 3.52. The summed E-state index contributed by atoms with van der Waals surface area (Å²) in [6, 6.07) is 12.3. The lowest BCUT2D eigenvalue weighted by molar-refractivity contribution is -0.117. The van der Waals surface area contributed by atoms with Gasteiger partial charge in [0.2, 0.25) is 5.91 Å². The van der Waals surface area contributed by atoms with Gasteiger partial charge in [-0.2, -0.15) is 5.10 Å². The Morgan fingerprint density at radius 2 is 1.67 bits per heavy atom. The molecule has 194 valence electrons. The van der Waals surface area contributed by atoms with Crippen LogP contribution in [0.5, 0.6) is 0 Å². The van der Waals surface area contributed by atoms with Gasteiger partial charge in [0.05, 0.1) is 35.0 Å². The number of fused-ring (bicyclic) bond motifs is 2.